The topological polar surface area (TPSA) is 50.8 Å². The Morgan fingerprint density at radius 1 is 1.08 bits per heavy atom. The molecule has 0 unspecified atom stereocenters. The Balaban J connectivity index is 2.43. The van der Waals surface area contributed by atoms with Crippen LogP contribution in [-0.2, 0) is 4.79 Å². The number of anilines is 1. The maximum atomic E-state index is 12.6. The van der Waals surface area contributed by atoms with Crippen molar-refractivity contribution in [1.29, 1.82) is 0 Å². The third-order valence-corrected chi connectivity index (χ3v) is 4.45. The lowest BCUT2D eigenvalue weighted by molar-refractivity contribution is -0.132. The smallest absolute Gasteiger partial charge is 0.227 e. The number of nitrogens with zero attached hydrogens (tertiary/aromatic N) is 1. The van der Waals surface area contributed by atoms with Gasteiger partial charge in [0.2, 0.25) is 5.91 Å². The molecule has 2 rings (SSSR count). The van der Waals surface area contributed by atoms with Crippen LogP contribution in [0.5, 0.6) is 11.5 Å². The summed E-state index contributed by atoms with van der Waals surface area (Å²) in [4.78, 5) is 14.2. The first kappa shape index (κ1) is 19.6. The van der Waals surface area contributed by atoms with E-state index >= 15 is 0 Å². The molecule has 0 bridgehead atoms. The van der Waals surface area contributed by atoms with Gasteiger partial charge in [-0.1, -0.05) is 36.8 Å². The van der Waals surface area contributed by atoms with Gasteiger partial charge in [0.25, 0.3) is 0 Å². The number of nitrogens with one attached hydrogen (secondary N) is 1. The number of hydrogen-bond acceptors (Lipinski definition) is 4. The lowest BCUT2D eigenvalue weighted by Gasteiger charge is -2.29. The van der Waals surface area contributed by atoms with Crippen molar-refractivity contribution in [2.75, 3.05) is 33.6 Å². The number of benzene rings is 2. The summed E-state index contributed by atoms with van der Waals surface area (Å²) >= 11 is 0. The van der Waals surface area contributed by atoms with Crippen molar-refractivity contribution >= 4 is 11.6 Å². The fraction of sp³-hybridized carbons (Fsp3) is 0.381. The minimum Gasteiger partial charge on any atom is -0.497 e. The minimum atomic E-state index is -0.251. The summed E-state index contributed by atoms with van der Waals surface area (Å²) in [5, 5.41) is 3.50. The van der Waals surface area contributed by atoms with Crippen molar-refractivity contribution in [2.45, 2.75) is 19.9 Å². The Hall–Kier alpha value is -2.69. The van der Waals surface area contributed by atoms with Gasteiger partial charge in [-0.2, -0.15) is 0 Å². The average Bonchev–Trinajstić information content (AvgIpc) is 2.64. The highest BCUT2D eigenvalue weighted by Crippen LogP contribution is 2.35. The van der Waals surface area contributed by atoms with Crippen LogP contribution in [0, 0.1) is 12.8 Å². The first-order chi connectivity index (χ1) is 12.4. The molecule has 2 atom stereocenters. The lowest BCUT2D eigenvalue weighted by atomic mass is 9.92. The quantitative estimate of drug-likeness (QED) is 0.818. The molecular formula is C21H28N2O3. The van der Waals surface area contributed by atoms with E-state index in [1.165, 1.54) is 0 Å². The molecule has 0 fully saturated rings. The zero-order valence-electron chi connectivity index (χ0n) is 16.4. The van der Waals surface area contributed by atoms with Crippen LogP contribution in [0.25, 0.3) is 0 Å². The van der Waals surface area contributed by atoms with Gasteiger partial charge < -0.3 is 19.7 Å². The van der Waals surface area contributed by atoms with Crippen LogP contribution in [0.4, 0.5) is 5.69 Å². The highest BCUT2D eigenvalue weighted by Gasteiger charge is 2.27. The molecule has 5 heteroatoms. The molecule has 1 N–H and O–H groups in total. The van der Waals surface area contributed by atoms with E-state index in [1.54, 1.807) is 33.2 Å². The fourth-order valence-corrected chi connectivity index (χ4v) is 3.00. The molecule has 2 aromatic rings. The van der Waals surface area contributed by atoms with Gasteiger partial charge in [0.05, 0.1) is 31.9 Å². The van der Waals surface area contributed by atoms with Crippen molar-refractivity contribution in [2.24, 2.45) is 5.92 Å². The van der Waals surface area contributed by atoms with Crippen LogP contribution in [-0.4, -0.2) is 39.1 Å². The molecule has 0 aliphatic heterocycles. The summed E-state index contributed by atoms with van der Waals surface area (Å²) in [6, 6.07) is 13.6. The maximum Gasteiger partial charge on any atom is 0.227 e. The molecule has 0 radical (unpaired) electrons. The monoisotopic (exact) mass is 356 g/mol. The minimum absolute atomic E-state index is 0.0662. The van der Waals surface area contributed by atoms with E-state index in [1.807, 2.05) is 50.2 Å². The van der Waals surface area contributed by atoms with Gasteiger partial charge in [0, 0.05) is 20.2 Å². The number of carbonyl (C=O) groups excluding carboxylic acids is 1. The van der Waals surface area contributed by atoms with Crippen LogP contribution >= 0.6 is 0 Å². The van der Waals surface area contributed by atoms with E-state index in [4.69, 9.17) is 9.47 Å². The molecule has 26 heavy (non-hydrogen) atoms. The Morgan fingerprint density at radius 3 is 2.38 bits per heavy atom. The second-order valence-electron chi connectivity index (χ2n) is 6.62. The predicted molar refractivity (Wildman–Crippen MR) is 105 cm³/mol. The standard InChI is InChI=1S/C21H28N2O3/c1-14-8-7-9-16(12-14)20(15(2)21(24)23(3)4)22-18-11-10-17(25-5)13-19(18)26-6/h7-13,15,20,22H,1-6H3/t15-,20+/m1/s1. The number of carbonyl (C=O) groups is 1. The van der Waals surface area contributed by atoms with Gasteiger partial charge >= 0.3 is 0 Å². The predicted octanol–water partition coefficient (Wildman–Crippen LogP) is 3.89. The van der Waals surface area contributed by atoms with E-state index in [9.17, 15) is 4.79 Å². The molecule has 0 spiro atoms. The van der Waals surface area contributed by atoms with Crippen LogP contribution in [0.3, 0.4) is 0 Å². The van der Waals surface area contributed by atoms with Crippen molar-refractivity contribution in [3.8, 4) is 11.5 Å². The molecule has 2 aromatic carbocycles. The van der Waals surface area contributed by atoms with Crippen molar-refractivity contribution in [1.82, 2.24) is 4.90 Å². The van der Waals surface area contributed by atoms with E-state index in [2.05, 4.69) is 11.4 Å². The molecule has 0 heterocycles. The van der Waals surface area contributed by atoms with Gasteiger partial charge in [-0.15, -0.1) is 0 Å². The highest BCUT2D eigenvalue weighted by molar-refractivity contribution is 5.79. The third kappa shape index (κ3) is 4.48. The van der Waals surface area contributed by atoms with Gasteiger partial charge in [-0.3, -0.25) is 4.79 Å². The van der Waals surface area contributed by atoms with Gasteiger partial charge in [-0.25, -0.2) is 0 Å². The van der Waals surface area contributed by atoms with Crippen molar-refractivity contribution in [3.63, 3.8) is 0 Å². The molecule has 140 valence electrons. The number of rotatable bonds is 7. The molecule has 0 aliphatic carbocycles. The van der Waals surface area contributed by atoms with E-state index in [0.717, 1.165) is 22.6 Å². The van der Waals surface area contributed by atoms with E-state index in [-0.39, 0.29) is 17.9 Å². The number of ether oxygens (including phenoxy) is 2. The zero-order chi connectivity index (χ0) is 19.3. The molecule has 0 saturated carbocycles. The fourth-order valence-electron chi connectivity index (χ4n) is 3.00. The van der Waals surface area contributed by atoms with Crippen LogP contribution < -0.4 is 14.8 Å². The van der Waals surface area contributed by atoms with Crippen LogP contribution in [0.2, 0.25) is 0 Å². The second-order valence-corrected chi connectivity index (χ2v) is 6.62. The third-order valence-electron chi connectivity index (χ3n) is 4.45. The first-order valence-electron chi connectivity index (χ1n) is 8.63. The van der Waals surface area contributed by atoms with Gasteiger partial charge in [0.15, 0.2) is 0 Å². The van der Waals surface area contributed by atoms with Gasteiger partial charge in [0.1, 0.15) is 11.5 Å². The Bertz CT molecular complexity index is 759. The molecule has 1 amide bonds. The average molecular weight is 356 g/mol. The lowest BCUT2D eigenvalue weighted by Crippen LogP contribution is -2.34. The largest absolute Gasteiger partial charge is 0.497 e. The summed E-state index contributed by atoms with van der Waals surface area (Å²) < 4.78 is 10.8. The van der Waals surface area contributed by atoms with E-state index < -0.39 is 0 Å². The maximum absolute atomic E-state index is 12.6. The van der Waals surface area contributed by atoms with E-state index in [0.29, 0.717) is 5.75 Å². The molecule has 0 aliphatic rings. The van der Waals surface area contributed by atoms with Crippen LogP contribution in [0.1, 0.15) is 24.1 Å². The Labute approximate surface area is 155 Å². The zero-order valence-corrected chi connectivity index (χ0v) is 16.4. The number of methoxy groups -OCH3 is 2. The Morgan fingerprint density at radius 2 is 1.81 bits per heavy atom. The molecule has 5 nitrogen and oxygen atoms in total. The molecule has 0 saturated heterocycles. The molecular weight excluding hydrogens is 328 g/mol. The Kier molecular flexibility index (Phi) is 6.50. The highest BCUT2D eigenvalue weighted by atomic mass is 16.5. The number of aryl methyl sites for hydroxylation is 1. The number of amides is 1. The van der Waals surface area contributed by atoms with Crippen molar-refractivity contribution in [3.05, 3.63) is 53.6 Å². The summed E-state index contributed by atoms with van der Waals surface area (Å²) in [5.41, 5.74) is 3.03. The summed E-state index contributed by atoms with van der Waals surface area (Å²) in [7, 11) is 6.80. The normalized spacial score (nSPS) is 12.8. The summed E-state index contributed by atoms with van der Waals surface area (Å²) in [6.45, 7) is 3.99. The van der Waals surface area contributed by atoms with Crippen molar-refractivity contribution < 1.29 is 14.3 Å². The first-order valence-corrected chi connectivity index (χ1v) is 8.63. The summed E-state index contributed by atoms with van der Waals surface area (Å²) in [6.07, 6.45) is 0. The second kappa shape index (κ2) is 8.61. The number of hydrogen-bond donors (Lipinski definition) is 1. The van der Waals surface area contributed by atoms with Gasteiger partial charge in [-0.05, 0) is 24.6 Å². The van der Waals surface area contributed by atoms with Crippen LogP contribution in [0.15, 0.2) is 42.5 Å². The summed E-state index contributed by atoms with van der Waals surface area (Å²) in [5.74, 6) is 1.21. The molecule has 0 aromatic heterocycles. The SMILES string of the molecule is COc1ccc(N[C@H](c2cccc(C)c2)[C@@H](C)C(=O)N(C)C)c(OC)c1.